The van der Waals surface area contributed by atoms with Crippen molar-refractivity contribution in [3.63, 3.8) is 0 Å². The van der Waals surface area contributed by atoms with Crippen molar-refractivity contribution in [2.45, 2.75) is 39.7 Å². The highest BCUT2D eigenvalue weighted by atomic mass is 35.5. The maximum absolute atomic E-state index is 10.0. The van der Waals surface area contributed by atoms with E-state index in [1.807, 2.05) is 4.57 Å². The lowest BCUT2D eigenvalue weighted by Gasteiger charge is -2.20. The molecule has 2 aromatic heterocycles. The second kappa shape index (κ2) is 5.14. The van der Waals surface area contributed by atoms with E-state index in [-0.39, 0.29) is 12.1 Å². The number of fused-ring (bicyclic) bond motifs is 1. The largest absolute Gasteiger partial charge is 0.480 e. The zero-order valence-corrected chi connectivity index (χ0v) is 11.6. The standard InChI is InChI=1S/C13H18ClN3O/c1-4-10(5-8(2)3)17-11-6-9(14)7-15-12(11)16-13(17)18/h6-8,10H,4-5H2,1-3H3,(H,15,16,18). The molecule has 2 heterocycles. The summed E-state index contributed by atoms with van der Waals surface area (Å²) in [5.41, 5.74) is 1.34. The lowest BCUT2D eigenvalue weighted by atomic mass is 10.0. The van der Waals surface area contributed by atoms with Crippen LogP contribution in [0.25, 0.3) is 11.2 Å². The van der Waals surface area contributed by atoms with E-state index in [1.165, 1.54) is 0 Å². The monoisotopic (exact) mass is 267 g/mol. The fourth-order valence-corrected chi connectivity index (χ4v) is 2.45. The highest BCUT2D eigenvalue weighted by Crippen LogP contribution is 2.31. The van der Waals surface area contributed by atoms with Crippen molar-refractivity contribution in [3.8, 4) is 6.01 Å². The number of halogens is 1. The van der Waals surface area contributed by atoms with Gasteiger partial charge in [0.15, 0.2) is 5.65 Å². The summed E-state index contributed by atoms with van der Waals surface area (Å²) in [5.74, 6) is 0.555. The molecule has 1 N–H and O–H groups in total. The summed E-state index contributed by atoms with van der Waals surface area (Å²) in [5, 5.41) is 10.6. The molecule has 1 atom stereocenters. The number of hydrogen-bond donors (Lipinski definition) is 1. The van der Waals surface area contributed by atoms with Gasteiger partial charge >= 0.3 is 0 Å². The molecule has 0 aliphatic rings. The number of rotatable bonds is 4. The SMILES string of the molecule is CCC(CC(C)C)n1c(O)nc2ncc(Cl)cc21. The van der Waals surface area contributed by atoms with E-state index in [9.17, 15) is 5.11 Å². The fourth-order valence-electron chi connectivity index (χ4n) is 2.30. The van der Waals surface area contributed by atoms with Crippen molar-refractivity contribution in [1.29, 1.82) is 0 Å². The van der Waals surface area contributed by atoms with Crippen molar-refractivity contribution in [3.05, 3.63) is 17.3 Å². The van der Waals surface area contributed by atoms with Gasteiger partial charge in [0.05, 0.1) is 10.5 Å². The first-order valence-electron chi connectivity index (χ1n) is 6.25. The highest BCUT2D eigenvalue weighted by molar-refractivity contribution is 6.31. The van der Waals surface area contributed by atoms with Crippen LogP contribution in [0.1, 0.15) is 39.7 Å². The van der Waals surface area contributed by atoms with E-state index >= 15 is 0 Å². The molecule has 0 saturated carbocycles. The van der Waals surface area contributed by atoms with Gasteiger partial charge in [-0.3, -0.25) is 4.57 Å². The van der Waals surface area contributed by atoms with Crippen LogP contribution in [0.3, 0.4) is 0 Å². The van der Waals surface area contributed by atoms with Gasteiger partial charge in [0.2, 0.25) is 0 Å². The van der Waals surface area contributed by atoms with Gasteiger partial charge in [0.1, 0.15) is 0 Å². The van der Waals surface area contributed by atoms with Gasteiger partial charge in [0.25, 0.3) is 6.01 Å². The average molecular weight is 268 g/mol. The summed E-state index contributed by atoms with van der Waals surface area (Å²) in [6.45, 7) is 6.45. The maximum Gasteiger partial charge on any atom is 0.296 e. The molecule has 0 radical (unpaired) electrons. The van der Waals surface area contributed by atoms with Crippen molar-refractivity contribution in [1.82, 2.24) is 14.5 Å². The van der Waals surface area contributed by atoms with E-state index in [0.717, 1.165) is 18.4 Å². The number of pyridine rings is 1. The second-order valence-corrected chi connectivity index (χ2v) is 5.41. The van der Waals surface area contributed by atoms with E-state index in [0.29, 0.717) is 16.6 Å². The van der Waals surface area contributed by atoms with Crippen molar-refractivity contribution < 1.29 is 5.11 Å². The third kappa shape index (κ3) is 2.43. The van der Waals surface area contributed by atoms with Gasteiger partial charge in [-0.1, -0.05) is 32.4 Å². The quantitative estimate of drug-likeness (QED) is 0.917. The minimum atomic E-state index is 0.0206. The molecule has 0 aromatic carbocycles. The topological polar surface area (TPSA) is 50.9 Å². The first-order valence-corrected chi connectivity index (χ1v) is 6.63. The van der Waals surface area contributed by atoms with E-state index in [1.54, 1.807) is 12.3 Å². The molecule has 2 aromatic rings. The van der Waals surface area contributed by atoms with Gasteiger partial charge < -0.3 is 5.11 Å². The van der Waals surface area contributed by atoms with Crippen molar-refractivity contribution in [2.75, 3.05) is 0 Å². The Morgan fingerprint density at radius 3 is 2.78 bits per heavy atom. The molecule has 18 heavy (non-hydrogen) atoms. The molecular formula is C13H18ClN3O. The van der Waals surface area contributed by atoms with Crippen LogP contribution in [-0.2, 0) is 0 Å². The molecule has 1 unspecified atom stereocenters. The third-order valence-electron chi connectivity index (χ3n) is 3.07. The Morgan fingerprint density at radius 2 is 2.17 bits per heavy atom. The summed E-state index contributed by atoms with van der Waals surface area (Å²) >= 11 is 5.97. The fraction of sp³-hybridized carbons (Fsp3) is 0.538. The zero-order chi connectivity index (χ0) is 13.3. The van der Waals surface area contributed by atoms with Gasteiger partial charge in [-0.2, -0.15) is 4.98 Å². The third-order valence-corrected chi connectivity index (χ3v) is 3.28. The average Bonchev–Trinajstić information content (AvgIpc) is 2.61. The molecule has 0 aliphatic heterocycles. The van der Waals surface area contributed by atoms with Gasteiger partial charge in [0, 0.05) is 12.2 Å². The molecule has 0 amide bonds. The van der Waals surface area contributed by atoms with E-state index in [4.69, 9.17) is 11.6 Å². The van der Waals surface area contributed by atoms with Crippen LogP contribution < -0.4 is 0 Å². The number of nitrogens with zero attached hydrogens (tertiary/aromatic N) is 3. The predicted molar refractivity (Wildman–Crippen MR) is 73.0 cm³/mol. The molecule has 2 rings (SSSR count). The van der Waals surface area contributed by atoms with E-state index in [2.05, 4.69) is 30.7 Å². The molecule has 0 saturated heterocycles. The molecule has 0 aliphatic carbocycles. The van der Waals surface area contributed by atoms with Gasteiger partial charge in [-0.05, 0) is 24.8 Å². The van der Waals surface area contributed by atoms with Crippen molar-refractivity contribution >= 4 is 22.8 Å². The van der Waals surface area contributed by atoms with Crippen LogP contribution in [0.4, 0.5) is 0 Å². The van der Waals surface area contributed by atoms with Crippen LogP contribution >= 0.6 is 11.6 Å². The zero-order valence-electron chi connectivity index (χ0n) is 10.9. The van der Waals surface area contributed by atoms with E-state index < -0.39 is 0 Å². The highest BCUT2D eigenvalue weighted by Gasteiger charge is 2.19. The summed E-state index contributed by atoms with van der Waals surface area (Å²) in [6.07, 6.45) is 3.47. The molecule has 5 heteroatoms. The number of imidazole rings is 1. The minimum Gasteiger partial charge on any atom is -0.480 e. The lowest BCUT2D eigenvalue weighted by Crippen LogP contribution is -2.10. The lowest BCUT2D eigenvalue weighted by molar-refractivity contribution is 0.334. The number of hydrogen-bond acceptors (Lipinski definition) is 3. The van der Waals surface area contributed by atoms with Gasteiger partial charge in [-0.25, -0.2) is 4.98 Å². The number of aromatic nitrogens is 3. The van der Waals surface area contributed by atoms with Crippen LogP contribution in [0.2, 0.25) is 5.02 Å². The Kier molecular flexibility index (Phi) is 3.76. The Morgan fingerprint density at radius 1 is 1.44 bits per heavy atom. The van der Waals surface area contributed by atoms with Gasteiger partial charge in [-0.15, -0.1) is 0 Å². The first kappa shape index (κ1) is 13.1. The molecule has 0 bridgehead atoms. The summed E-state index contributed by atoms with van der Waals surface area (Å²) in [4.78, 5) is 8.21. The molecule has 4 nitrogen and oxygen atoms in total. The molecule has 98 valence electrons. The Bertz CT molecular complexity index is 550. The second-order valence-electron chi connectivity index (χ2n) is 4.97. The summed E-state index contributed by atoms with van der Waals surface area (Å²) < 4.78 is 1.84. The first-order chi connectivity index (χ1) is 8.52. The molecule has 0 fully saturated rings. The van der Waals surface area contributed by atoms with Crippen LogP contribution in [0.5, 0.6) is 6.01 Å². The van der Waals surface area contributed by atoms with Crippen LogP contribution in [0, 0.1) is 5.92 Å². The van der Waals surface area contributed by atoms with Crippen LogP contribution in [0.15, 0.2) is 12.3 Å². The Labute approximate surface area is 112 Å². The Hall–Kier alpha value is -1.29. The van der Waals surface area contributed by atoms with Crippen LogP contribution in [-0.4, -0.2) is 19.6 Å². The Balaban J connectivity index is 2.53. The van der Waals surface area contributed by atoms with Crippen molar-refractivity contribution in [2.24, 2.45) is 5.92 Å². The summed E-state index contributed by atoms with van der Waals surface area (Å²) in [6, 6.07) is 2.04. The normalized spacial score (nSPS) is 13.4. The molecular weight excluding hydrogens is 250 g/mol. The molecule has 0 spiro atoms. The maximum atomic E-state index is 10.0. The summed E-state index contributed by atoms with van der Waals surface area (Å²) in [7, 11) is 0. The number of aromatic hydroxyl groups is 1. The minimum absolute atomic E-state index is 0.0206. The smallest absolute Gasteiger partial charge is 0.296 e. The predicted octanol–water partition coefficient (Wildman–Crippen LogP) is 3.79.